The first-order valence-corrected chi connectivity index (χ1v) is 15.8. The lowest BCUT2D eigenvalue weighted by Crippen LogP contribution is -2.53. The Labute approximate surface area is 272 Å². The number of halogens is 3. The normalized spacial score (nSPS) is 20.2. The van der Waals surface area contributed by atoms with Crippen LogP contribution in [-0.4, -0.2) is 66.3 Å². The lowest BCUT2D eigenvalue weighted by atomic mass is 9.70. The third kappa shape index (κ3) is 7.23. The van der Waals surface area contributed by atoms with Gasteiger partial charge >= 0.3 is 0 Å². The molecule has 1 unspecified atom stereocenters. The fourth-order valence-corrected chi connectivity index (χ4v) is 7.43. The molecule has 2 amide bonds. The molecular formula is C35H42Cl3N3O2. The average molecular weight is 643 g/mol. The van der Waals surface area contributed by atoms with Gasteiger partial charge < -0.3 is 14.7 Å². The van der Waals surface area contributed by atoms with Gasteiger partial charge in [0.05, 0.1) is 15.6 Å². The first-order chi connectivity index (χ1) is 20.2. The van der Waals surface area contributed by atoms with Gasteiger partial charge in [0.1, 0.15) is 0 Å². The molecule has 5 nitrogen and oxygen atoms in total. The van der Waals surface area contributed by atoms with Gasteiger partial charge in [-0.15, -0.1) is 12.4 Å². The third-order valence-corrected chi connectivity index (χ3v) is 10.4. The first-order valence-electron chi connectivity index (χ1n) is 15.1. The molecule has 2 fully saturated rings. The summed E-state index contributed by atoms with van der Waals surface area (Å²) in [7, 11) is 1.94. The molecule has 3 aromatic rings. The van der Waals surface area contributed by atoms with E-state index in [0.717, 1.165) is 75.8 Å². The molecule has 8 heteroatoms. The summed E-state index contributed by atoms with van der Waals surface area (Å²) >= 11 is 12.8. The van der Waals surface area contributed by atoms with E-state index in [9.17, 15) is 9.59 Å². The van der Waals surface area contributed by atoms with Gasteiger partial charge in [-0.1, -0.05) is 77.8 Å². The zero-order valence-corrected chi connectivity index (χ0v) is 27.4. The molecule has 0 aliphatic carbocycles. The van der Waals surface area contributed by atoms with Crippen LogP contribution in [0.15, 0.2) is 78.9 Å². The molecule has 2 heterocycles. The predicted molar refractivity (Wildman–Crippen MR) is 178 cm³/mol. The van der Waals surface area contributed by atoms with E-state index in [-0.39, 0.29) is 35.2 Å². The Hall–Kier alpha value is -2.57. The molecular weight excluding hydrogens is 601 g/mol. The quantitative estimate of drug-likeness (QED) is 0.252. The number of carbonyl (C=O) groups excluding carboxylic acids is 2. The largest absolute Gasteiger partial charge is 0.338 e. The van der Waals surface area contributed by atoms with Crippen LogP contribution in [0, 0.1) is 0 Å². The number of hydrogen-bond donors (Lipinski definition) is 0. The van der Waals surface area contributed by atoms with Crippen LogP contribution >= 0.6 is 35.6 Å². The molecule has 0 radical (unpaired) electrons. The van der Waals surface area contributed by atoms with Crippen molar-refractivity contribution in [1.82, 2.24) is 14.7 Å². The second-order valence-electron chi connectivity index (χ2n) is 12.0. The number of piperidine rings is 2. The highest BCUT2D eigenvalue weighted by Crippen LogP contribution is 2.42. The van der Waals surface area contributed by atoms with Crippen LogP contribution in [0.2, 0.25) is 10.0 Å². The zero-order chi connectivity index (χ0) is 29.7. The summed E-state index contributed by atoms with van der Waals surface area (Å²) in [6.07, 6.45) is 5.73. The number of rotatable bonds is 8. The van der Waals surface area contributed by atoms with Gasteiger partial charge in [0.15, 0.2) is 0 Å². The lowest BCUT2D eigenvalue weighted by Gasteiger charge is -2.48. The van der Waals surface area contributed by atoms with E-state index in [1.54, 1.807) is 6.92 Å². The van der Waals surface area contributed by atoms with Crippen LogP contribution in [0.5, 0.6) is 0 Å². The molecule has 0 N–H and O–H groups in total. The summed E-state index contributed by atoms with van der Waals surface area (Å²) in [6, 6.07) is 26.0. The Kier molecular flexibility index (Phi) is 11.2. The van der Waals surface area contributed by atoms with E-state index in [1.165, 1.54) is 5.56 Å². The van der Waals surface area contributed by atoms with Crippen molar-refractivity contribution in [3.63, 3.8) is 0 Å². The van der Waals surface area contributed by atoms with E-state index < -0.39 is 0 Å². The fourth-order valence-electron chi connectivity index (χ4n) is 7.13. The number of nitrogens with zero attached hydrogens (tertiary/aromatic N) is 3. The molecule has 1 atom stereocenters. The summed E-state index contributed by atoms with van der Waals surface area (Å²) in [5, 5.41) is 1.11. The van der Waals surface area contributed by atoms with Crippen LogP contribution in [0.4, 0.5) is 0 Å². The Morgan fingerprint density at radius 1 is 0.837 bits per heavy atom. The lowest BCUT2D eigenvalue weighted by molar-refractivity contribution is -0.136. The highest BCUT2D eigenvalue weighted by Gasteiger charge is 2.42. The van der Waals surface area contributed by atoms with Gasteiger partial charge in [-0.05, 0) is 80.5 Å². The number of hydrogen-bond acceptors (Lipinski definition) is 3. The summed E-state index contributed by atoms with van der Waals surface area (Å²) < 4.78 is 0. The molecule has 0 bridgehead atoms. The van der Waals surface area contributed by atoms with Crippen molar-refractivity contribution in [2.24, 2.45) is 0 Å². The van der Waals surface area contributed by atoms with E-state index in [0.29, 0.717) is 16.6 Å². The molecule has 0 spiro atoms. The van der Waals surface area contributed by atoms with Crippen molar-refractivity contribution in [2.45, 2.75) is 56.4 Å². The number of benzene rings is 3. The van der Waals surface area contributed by atoms with Crippen LogP contribution in [-0.2, 0) is 15.7 Å². The van der Waals surface area contributed by atoms with Gasteiger partial charge in [-0.3, -0.25) is 9.59 Å². The van der Waals surface area contributed by atoms with Crippen LogP contribution in [0.3, 0.4) is 0 Å². The van der Waals surface area contributed by atoms with Crippen molar-refractivity contribution >= 4 is 47.4 Å². The Morgan fingerprint density at radius 2 is 1.49 bits per heavy atom. The molecule has 2 saturated heterocycles. The summed E-state index contributed by atoms with van der Waals surface area (Å²) in [6.45, 7) is 5.93. The summed E-state index contributed by atoms with van der Waals surface area (Å²) in [4.78, 5) is 32.5. The minimum atomic E-state index is -0.271. The fraction of sp³-hybridized carbons (Fsp3) is 0.429. The summed E-state index contributed by atoms with van der Waals surface area (Å²) in [5.74, 6) is 0.186. The Balaban J connectivity index is 0.00000423. The third-order valence-electron chi connectivity index (χ3n) is 9.66. The SMILES string of the molecule is CC(=O)N(C)C1(c2ccccc2)CCN(CCCC2(c3ccc(Cl)c(Cl)c3)CCCN(C(=O)c3ccccc3)C2)CC1.Cl. The van der Waals surface area contributed by atoms with E-state index >= 15 is 0 Å². The molecule has 230 valence electrons. The number of amides is 2. The zero-order valence-electron chi connectivity index (χ0n) is 25.1. The molecule has 2 aliphatic rings. The van der Waals surface area contributed by atoms with Gasteiger partial charge in [0.25, 0.3) is 5.91 Å². The highest BCUT2D eigenvalue weighted by atomic mass is 35.5. The van der Waals surface area contributed by atoms with E-state index in [2.05, 4.69) is 35.2 Å². The van der Waals surface area contributed by atoms with Crippen LogP contribution in [0.25, 0.3) is 0 Å². The first kappa shape index (κ1) is 33.3. The molecule has 2 aliphatic heterocycles. The Morgan fingerprint density at radius 3 is 2.12 bits per heavy atom. The second kappa shape index (κ2) is 14.5. The molecule has 5 rings (SSSR count). The average Bonchev–Trinajstić information content (AvgIpc) is 3.03. The second-order valence-corrected chi connectivity index (χ2v) is 12.8. The molecule has 3 aromatic carbocycles. The molecule has 0 saturated carbocycles. The predicted octanol–water partition coefficient (Wildman–Crippen LogP) is 7.84. The van der Waals surface area contributed by atoms with Crippen molar-refractivity contribution in [3.8, 4) is 0 Å². The van der Waals surface area contributed by atoms with Gasteiger partial charge in [0, 0.05) is 51.1 Å². The van der Waals surface area contributed by atoms with Crippen LogP contribution in [0.1, 0.15) is 66.9 Å². The van der Waals surface area contributed by atoms with Crippen molar-refractivity contribution in [2.75, 3.05) is 39.8 Å². The maximum atomic E-state index is 13.5. The number of likely N-dealkylation sites (tertiary alicyclic amines) is 2. The monoisotopic (exact) mass is 641 g/mol. The molecule has 0 aromatic heterocycles. The standard InChI is InChI=1S/C35H41Cl2N3O2.ClH/c1-27(41)38(2)35(29-13-7-4-8-14-29)19-23-39(24-20-35)21-9-17-34(30-15-16-31(36)32(37)25-30)18-10-22-40(26-34)33(42)28-11-5-3-6-12-28;/h3-8,11-16,25H,9-10,17-24,26H2,1-2H3;1H. The summed E-state index contributed by atoms with van der Waals surface area (Å²) in [5.41, 5.74) is 2.65. The topological polar surface area (TPSA) is 43.9 Å². The minimum Gasteiger partial charge on any atom is -0.338 e. The maximum Gasteiger partial charge on any atom is 0.253 e. The van der Waals surface area contributed by atoms with Crippen LogP contribution < -0.4 is 0 Å². The minimum absolute atomic E-state index is 0. The smallest absolute Gasteiger partial charge is 0.253 e. The molecule has 43 heavy (non-hydrogen) atoms. The van der Waals surface area contributed by atoms with Crippen molar-refractivity contribution < 1.29 is 9.59 Å². The van der Waals surface area contributed by atoms with E-state index in [4.69, 9.17) is 23.2 Å². The van der Waals surface area contributed by atoms with Gasteiger partial charge in [0.2, 0.25) is 5.91 Å². The van der Waals surface area contributed by atoms with Crippen molar-refractivity contribution in [1.29, 1.82) is 0 Å². The maximum absolute atomic E-state index is 13.5. The number of carbonyl (C=O) groups is 2. The highest BCUT2D eigenvalue weighted by molar-refractivity contribution is 6.42. The van der Waals surface area contributed by atoms with Gasteiger partial charge in [-0.2, -0.15) is 0 Å². The van der Waals surface area contributed by atoms with Crippen molar-refractivity contribution in [3.05, 3.63) is 106 Å². The van der Waals surface area contributed by atoms with E-state index in [1.807, 2.05) is 65.4 Å². The Bertz CT molecular complexity index is 1380. The van der Waals surface area contributed by atoms with Gasteiger partial charge in [-0.25, -0.2) is 0 Å².